The van der Waals surface area contributed by atoms with Crippen molar-refractivity contribution >= 4 is 32.7 Å². The van der Waals surface area contributed by atoms with Gasteiger partial charge < -0.3 is 4.42 Å². The molecular weight excluding hydrogens is 574 g/mol. The highest BCUT2D eigenvalue weighted by molar-refractivity contribution is 6.12. The van der Waals surface area contributed by atoms with E-state index >= 15 is 0 Å². The van der Waals surface area contributed by atoms with Crippen molar-refractivity contribution in [1.29, 1.82) is 0 Å². The maximum atomic E-state index is 8.93. The monoisotopic (exact) mass is 606 g/mol. The fraction of sp³-hybridized carbons (Fsp3) is 0. The quantitative estimate of drug-likeness (QED) is 0.196. The molecule has 2 heterocycles. The summed E-state index contributed by atoms with van der Waals surface area (Å²) in [6.07, 6.45) is 0. The van der Waals surface area contributed by atoms with Crippen molar-refractivity contribution in [2.75, 3.05) is 0 Å². The van der Waals surface area contributed by atoms with Crippen molar-refractivity contribution < 1.29 is 11.3 Å². The summed E-state index contributed by atoms with van der Waals surface area (Å²) in [5.41, 5.74) is 5.99. The molecule has 0 spiro atoms. The van der Waals surface area contributed by atoms with Crippen LogP contribution in [0.2, 0.25) is 0 Å². The van der Waals surface area contributed by atoms with Crippen LogP contribution in [0.4, 0.5) is 0 Å². The third-order valence-electron chi connectivity index (χ3n) is 8.36. The molecule has 0 N–H and O–H groups in total. The molecule has 0 aliphatic rings. The SMILES string of the molecule is [2H]c1cc2c(oc3c([2H])cc([2H])c(-c4cccc(-c5cccc(-c6nc(-c7ccccc7)nc(-c7ccc8ccccc8c7)n6)c5)c4)c32)c([2H])c1[2H]. The van der Waals surface area contributed by atoms with Crippen LogP contribution in [-0.4, -0.2) is 15.0 Å². The lowest BCUT2D eigenvalue weighted by molar-refractivity contribution is 0.669. The van der Waals surface area contributed by atoms with Gasteiger partial charge in [-0.15, -0.1) is 0 Å². The lowest BCUT2D eigenvalue weighted by atomic mass is 9.95. The molecule has 4 heteroatoms. The van der Waals surface area contributed by atoms with Crippen molar-refractivity contribution in [2.45, 2.75) is 0 Å². The zero-order valence-electron chi connectivity index (χ0n) is 30.0. The Morgan fingerprint density at radius 2 is 1.06 bits per heavy atom. The van der Waals surface area contributed by atoms with E-state index in [2.05, 4.69) is 24.3 Å². The van der Waals surface area contributed by atoms with Crippen LogP contribution in [0.25, 0.3) is 89.1 Å². The fourth-order valence-corrected chi connectivity index (χ4v) is 6.07. The van der Waals surface area contributed by atoms with Gasteiger partial charge in [-0.05, 0) is 63.3 Å². The summed E-state index contributed by atoms with van der Waals surface area (Å²) >= 11 is 0. The van der Waals surface area contributed by atoms with Crippen LogP contribution < -0.4 is 0 Å². The highest BCUT2D eigenvalue weighted by Gasteiger charge is 2.15. The van der Waals surface area contributed by atoms with Crippen molar-refractivity contribution in [1.82, 2.24) is 15.0 Å². The smallest absolute Gasteiger partial charge is 0.164 e. The van der Waals surface area contributed by atoms with E-state index in [9.17, 15) is 0 Å². The van der Waals surface area contributed by atoms with Gasteiger partial charge in [0, 0.05) is 27.5 Å². The first-order valence-corrected chi connectivity index (χ1v) is 15.3. The molecule has 0 bridgehead atoms. The molecule has 7 aromatic carbocycles. The third-order valence-corrected chi connectivity index (χ3v) is 8.36. The second-order valence-corrected chi connectivity index (χ2v) is 11.3. The molecule has 220 valence electrons. The van der Waals surface area contributed by atoms with Crippen LogP contribution in [0.5, 0.6) is 0 Å². The van der Waals surface area contributed by atoms with Gasteiger partial charge in [0.05, 0.1) is 6.85 Å². The number of hydrogen-bond acceptors (Lipinski definition) is 4. The van der Waals surface area contributed by atoms with Crippen molar-refractivity contribution in [3.05, 3.63) is 164 Å². The van der Waals surface area contributed by atoms with Crippen molar-refractivity contribution in [3.63, 3.8) is 0 Å². The summed E-state index contributed by atoms with van der Waals surface area (Å²) in [6.45, 7) is 0. The van der Waals surface area contributed by atoms with Crippen LogP contribution in [-0.2, 0) is 0 Å². The first-order chi connectivity index (χ1) is 25.3. The number of furan rings is 1. The molecule has 0 aliphatic carbocycles. The summed E-state index contributed by atoms with van der Waals surface area (Å²) in [5.74, 6) is 1.68. The molecule has 47 heavy (non-hydrogen) atoms. The molecule has 0 fully saturated rings. The minimum Gasteiger partial charge on any atom is -0.456 e. The Balaban J connectivity index is 1.18. The summed E-state index contributed by atoms with van der Waals surface area (Å²) in [5, 5.41) is 3.16. The Kier molecular flexibility index (Phi) is 5.28. The number of nitrogens with zero attached hydrogens (tertiary/aromatic N) is 3. The molecule has 4 nitrogen and oxygen atoms in total. The number of fused-ring (bicyclic) bond motifs is 4. The Hall–Kier alpha value is -6.39. The van der Waals surface area contributed by atoms with Gasteiger partial charge in [-0.25, -0.2) is 15.0 Å². The van der Waals surface area contributed by atoms with Crippen LogP contribution in [0.1, 0.15) is 6.85 Å². The third kappa shape index (κ3) is 4.93. The average Bonchev–Trinajstić information content (AvgIpc) is 3.56. The van der Waals surface area contributed by atoms with Gasteiger partial charge in [0.15, 0.2) is 17.5 Å². The highest BCUT2D eigenvalue weighted by atomic mass is 16.3. The van der Waals surface area contributed by atoms with Gasteiger partial charge in [0.1, 0.15) is 11.2 Å². The normalized spacial score (nSPS) is 12.9. The topological polar surface area (TPSA) is 51.8 Å². The van der Waals surface area contributed by atoms with E-state index in [0.717, 1.165) is 44.2 Å². The molecule has 0 saturated carbocycles. The van der Waals surface area contributed by atoms with Crippen LogP contribution in [0, 0.1) is 0 Å². The fourth-order valence-electron chi connectivity index (χ4n) is 6.07. The molecule has 0 saturated heterocycles. The lowest BCUT2D eigenvalue weighted by Gasteiger charge is -2.11. The first kappa shape index (κ1) is 22.2. The van der Waals surface area contributed by atoms with E-state index in [0.29, 0.717) is 33.8 Å². The molecule has 0 aliphatic heterocycles. The van der Waals surface area contributed by atoms with Gasteiger partial charge in [0.25, 0.3) is 0 Å². The molecule has 0 amide bonds. The van der Waals surface area contributed by atoms with E-state index in [1.807, 2.05) is 97.1 Å². The Bertz CT molecular complexity index is 2870. The molecule has 9 aromatic rings. The molecule has 0 unspecified atom stereocenters. The van der Waals surface area contributed by atoms with E-state index in [-0.39, 0.29) is 41.4 Å². The zero-order chi connectivity index (χ0) is 35.5. The van der Waals surface area contributed by atoms with Crippen LogP contribution in [0.15, 0.2) is 168 Å². The maximum absolute atomic E-state index is 8.93. The highest BCUT2D eigenvalue weighted by Crippen LogP contribution is 2.38. The molecule has 0 radical (unpaired) electrons. The zero-order valence-corrected chi connectivity index (χ0v) is 25.0. The summed E-state index contributed by atoms with van der Waals surface area (Å²) < 4.78 is 48.3. The Morgan fingerprint density at radius 3 is 1.87 bits per heavy atom. The lowest BCUT2D eigenvalue weighted by Crippen LogP contribution is -2.00. The van der Waals surface area contributed by atoms with Crippen LogP contribution >= 0.6 is 0 Å². The van der Waals surface area contributed by atoms with Crippen LogP contribution in [0.3, 0.4) is 0 Å². The molecule has 2 aromatic heterocycles. The molecule has 0 atom stereocenters. The largest absolute Gasteiger partial charge is 0.456 e. The Labute approximate surface area is 278 Å². The van der Waals surface area contributed by atoms with E-state index in [4.69, 9.17) is 26.2 Å². The summed E-state index contributed by atoms with van der Waals surface area (Å²) in [6, 6.07) is 42.6. The minimum atomic E-state index is -0.244. The van der Waals surface area contributed by atoms with Gasteiger partial charge in [-0.3, -0.25) is 0 Å². The number of benzene rings is 7. The van der Waals surface area contributed by atoms with E-state index in [1.165, 1.54) is 12.1 Å². The van der Waals surface area contributed by atoms with Gasteiger partial charge in [-0.1, -0.05) is 133 Å². The second kappa shape index (κ2) is 11.2. The predicted octanol–water partition coefficient (Wildman–Crippen LogP) is 11.3. The summed E-state index contributed by atoms with van der Waals surface area (Å²) in [4.78, 5) is 14.8. The molecule has 9 rings (SSSR count). The number of hydrogen-bond donors (Lipinski definition) is 0. The van der Waals surface area contributed by atoms with Gasteiger partial charge in [0.2, 0.25) is 0 Å². The average molecular weight is 607 g/mol. The Morgan fingerprint density at radius 1 is 0.426 bits per heavy atom. The minimum absolute atomic E-state index is 0.0107. The van der Waals surface area contributed by atoms with E-state index < -0.39 is 0 Å². The van der Waals surface area contributed by atoms with E-state index in [1.54, 1.807) is 0 Å². The standard InChI is InChI=1S/C43H27N3O/c1-2-12-29(13-3-1)41-44-42(46-43(45-41)35-24-23-28-11-4-5-14-30(28)26-35)34-18-9-16-32(27-34)31-15-8-17-33(25-31)36-20-10-22-39-40(36)37-19-6-7-21-38(37)47-39/h1-27H/i6D,7D,20D,21D,22D. The second-order valence-electron chi connectivity index (χ2n) is 11.3. The first-order valence-electron chi connectivity index (χ1n) is 17.8. The number of aromatic nitrogens is 3. The number of rotatable bonds is 5. The number of para-hydroxylation sites is 1. The van der Waals surface area contributed by atoms with Gasteiger partial charge >= 0.3 is 0 Å². The van der Waals surface area contributed by atoms with Crippen molar-refractivity contribution in [3.8, 4) is 56.4 Å². The van der Waals surface area contributed by atoms with Gasteiger partial charge in [-0.2, -0.15) is 0 Å². The molecular formula is C43H27N3O. The predicted molar refractivity (Wildman–Crippen MR) is 192 cm³/mol. The van der Waals surface area contributed by atoms with Crippen molar-refractivity contribution in [2.24, 2.45) is 0 Å². The summed E-state index contributed by atoms with van der Waals surface area (Å²) in [7, 11) is 0. The maximum Gasteiger partial charge on any atom is 0.164 e.